The minimum Gasteiger partial charge on any atom is -0.381 e. The number of nitrogens with one attached hydrogen (secondary N) is 1. The summed E-state index contributed by atoms with van der Waals surface area (Å²) < 4.78 is 7.78. The molecule has 1 saturated carbocycles. The number of likely N-dealkylation sites (tertiary alicyclic amines) is 1. The Bertz CT molecular complexity index is 573. The van der Waals surface area contributed by atoms with Crippen LogP contribution >= 0.6 is 11.8 Å². The highest BCUT2D eigenvalue weighted by atomic mass is 32.2. The van der Waals surface area contributed by atoms with Crippen molar-refractivity contribution in [2.24, 2.45) is 13.0 Å². The number of thioether (sulfide) groups is 1. The van der Waals surface area contributed by atoms with Gasteiger partial charge in [0.05, 0.1) is 12.8 Å². The van der Waals surface area contributed by atoms with Crippen molar-refractivity contribution >= 4 is 17.8 Å². The second-order valence-corrected chi connectivity index (χ2v) is 8.20. The van der Waals surface area contributed by atoms with Crippen LogP contribution in [0.5, 0.6) is 0 Å². The van der Waals surface area contributed by atoms with E-state index in [9.17, 15) is 4.79 Å². The second-order valence-electron chi connectivity index (χ2n) is 6.92. The van der Waals surface area contributed by atoms with Gasteiger partial charge in [0.15, 0.2) is 0 Å². The molecule has 2 aliphatic rings. The molecule has 24 heavy (non-hydrogen) atoms. The molecule has 1 aliphatic heterocycles. The molecule has 134 valence electrons. The topological polar surface area (TPSA) is 59.4 Å². The van der Waals surface area contributed by atoms with Crippen molar-refractivity contribution in [1.82, 2.24) is 20.0 Å². The van der Waals surface area contributed by atoms with Crippen LogP contribution in [0.15, 0.2) is 12.4 Å². The largest absolute Gasteiger partial charge is 0.381 e. The van der Waals surface area contributed by atoms with E-state index in [1.54, 1.807) is 0 Å². The van der Waals surface area contributed by atoms with E-state index in [1.165, 1.54) is 18.4 Å². The molecule has 1 aromatic heterocycles. The van der Waals surface area contributed by atoms with Crippen LogP contribution in [-0.2, 0) is 11.8 Å². The van der Waals surface area contributed by atoms with Gasteiger partial charge in [0.2, 0.25) is 0 Å². The summed E-state index contributed by atoms with van der Waals surface area (Å²) in [6.45, 7) is 5.67. The minimum absolute atomic E-state index is 0.0585. The van der Waals surface area contributed by atoms with Gasteiger partial charge in [-0.05, 0) is 31.6 Å². The molecule has 0 spiro atoms. The summed E-state index contributed by atoms with van der Waals surface area (Å²) in [6, 6.07) is 0.0585. The van der Waals surface area contributed by atoms with E-state index in [2.05, 4.69) is 22.9 Å². The van der Waals surface area contributed by atoms with Crippen LogP contribution in [0.2, 0.25) is 0 Å². The standard InChI is InChI=1S/C17H28N4O2S/c1-4-23-11-14-9-21(10-15(14)13-7-19-20(2)8-13)16(22)18-12-17(24-3)5-6-17/h7-8,14-15H,4-6,9-12H2,1-3H3,(H,18,22)/t14-,15-/m0/s1. The normalized spacial score (nSPS) is 25.0. The number of hydrogen-bond acceptors (Lipinski definition) is 4. The zero-order valence-electron chi connectivity index (χ0n) is 14.8. The van der Waals surface area contributed by atoms with Gasteiger partial charge < -0.3 is 15.0 Å². The van der Waals surface area contributed by atoms with Gasteiger partial charge >= 0.3 is 6.03 Å². The molecule has 1 saturated heterocycles. The first-order valence-electron chi connectivity index (χ1n) is 8.71. The molecule has 1 N–H and O–H groups in total. The van der Waals surface area contributed by atoms with Gasteiger partial charge in [-0.3, -0.25) is 4.68 Å². The molecule has 1 aromatic rings. The van der Waals surface area contributed by atoms with Crippen molar-refractivity contribution in [3.63, 3.8) is 0 Å². The van der Waals surface area contributed by atoms with Crippen LogP contribution < -0.4 is 5.32 Å². The van der Waals surface area contributed by atoms with Crippen molar-refractivity contribution in [2.45, 2.75) is 30.4 Å². The fourth-order valence-electron chi connectivity index (χ4n) is 3.43. The number of carbonyl (C=O) groups excluding carboxylic acids is 1. The highest BCUT2D eigenvalue weighted by molar-refractivity contribution is 8.00. The van der Waals surface area contributed by atoms with Crippen LogP contribution in [-0.4, -0.2) is 64.6 Å². The molecule has 1 aliphatic carbocycles. The average molecular weight is 353 g/mol. The predicted octanol–water partition coefficient (Wildman–Crippen LogP) is 2.08. The number of ether oxygens (including phenoxy) is 1. The third-order valence-corrected chi connectivity index (χ3v) is 6.64. The molecule has 0 unspecified atom stereocenters. The first-order valence-corrected chi connectivity index (χ1v) is 9.93. The third kappa shape index (κ3) is 3.88. The van der Waals surface area contributed by atoms with E-state index in [4.69, 9.17) is 4.74 Å². The lowest BCUT2D eigenvalue weighted by Crippen LogP contribution is -2.42. The SMILES string of the molecule is CCOC[C@@H]1CN(C(=O)NCC2(SC)CC2)C[C@H]1c1cnn(C)c1. The van der Waals surface area contributed by atoms with Crippen LogP contribution in [0.25, 0.3) is 0 Å². The maximum absolute atomic E-state index is 12.6. The van der Waals surface area contributed by atoms with Crippen molar-refractivity contribution in [3.8, 4) is 0 Å². The molecule has 7 heteroatoms. The molecule has 2 amide bonds. The Balaban J connectivity index is 1.61. The van der Waals surface area contributed by atoms with E-state index in [1.807, 2.05) is 41.5 Å². The van der Waals surface area contributed by atoms with Gasteiger partial charge in [-0.15, -0.1) is 0 Å². The Morgan fingerprint density at radius 1 is 1.50 bits per heavy atom. The lowest BCUT2D eigenvalue weighted by molar-refractivity contribution is 0.108. The molecular formula is C17H28N4O2S. The quantitative estimate of drug-likeness (QED) is 0.816. The molecule has 2 fully saturated rings. The highest BCUT2D eigenvalue weighted by Gasteiger charge is 2.43. The van der Waals surface area contributed by atoms with Gasteiger partial charge in [-0.2, -0.15) is 16.9 Å². The zero-order valence-corrected chi connectivity index (χ0v) is 15.6. The zero-order chi connectivity index (χ0) is 17.2. The monoisotopic (exact) mass is 352 g/mol. The molecule has 3 rings (SSSR count). The van der Waals surface area contributed by atoms with Crippen LogP contribution in [0.4, 0.5) is 4.79 Å². The summed E-state index contributed by atoms with van der Waals surface area (Å²) in [5.74, 6) is 0.627. The molecule has 0 radical (unpaired) electrons. The van der Waals surface area contributed by atoms with Crippen molar-refractivity contribution in [3.05, 3.63) is 18.0 Å². The van der Waals surface area contributed by atoms with E-state index in [0.29, 0.717) is 29.8 Å². The average Bonchev–Trinajstić information content (AvgIpc) is 3.04. The van der Waals surface area contributed by atoms with Gasteiger partial charge in [0.1, 0.15) is 0 Å². The fourth-order valence-corrected chi connectivity index (χ4v) is 4.15. The summed E-state index contributed by atoms with van der Waals surface area (Å²) in [6.07, 6.45) is 8.51. The Hall–Kier alpha value is -1.21. The predicted molar refractivity (Wildman–Crippen MR) is 96.4 cm³/mol. The summed E-state index contributed by atoms with van der Waals surface area (Å²) in [4.78, 5) is 14.5. The lowest BCUT2D eigenvalue weighted by Gasteiger charge is -2.20. The number of urea groups is 1. The van der Waals surface area contributed by atoms with E-state index >= 15 is 0 Å². The summed E-state index contributed by atoms with van der Waals surface area (Å²) in [7, 11) is 1.93. The van der Waals surface area contributed by atoms with Crippen LogP contribution in [0.3, 0.4) is 0 Å². The Morgan fingerprint density at radius 2 is 2.29 bits per heavy atom. The van der Waals surface area contributed by atoms with Gasteiger partial charge in [0.25, 0.3) is 0 Å². The third-order valence-electron chi connectivity index (χ3n) is 5.22. The van der Waals surface area contributed by atoms with Gasteiger partial charge in [0, 0.05) is 56.1 Å². The molecule has 2 atom stereocenters. The molecule has 0 aromatic carbocycles. The second kappa shape index (κ2) is 7.35. The van der Waals surface area contributed by atoms with Crippen LogP contribution in [0, 0.1) is 5.92 Å². The fraction of sp³-hybridized carbons (Fsp3) is 0.765. The van der Waals surface area contributed by atoms with Gasteiger partial charge in [-0.1, -0.05) is 0 Å². The number of hydrogen-bond donors (Lipinski definition) is 1. The van der Waals surface area contributed by atoms with Crippen LogP contribution in [0.1, 0.15) is 31.2 Å². The summed E-state index contributed by atoms with van der Waals surface area (Å²) in [5.41, 5.74) is 1.19. The van der Waals surface area contributed by atoms with Crippen molar-refractivity contribution in [1.29, 1.82) is 0 Å². The number of rotatable bonds is 7. The lowest BCUT2D eigenvalue weighted by atomic mass is 9.92. The number of aromatic nitrogens is 2. The van der Waals surface area contributed by atoms with E-state index in [0.717, 1.165) is 19.6 Å². The molecule has 2 heterocycles. The van der Waals surface area contributed by atoms with Crippen molar-refractivity contribution < 1.29 is 9.53 Å². The molecule has 0 bridgehead atoms. The smallest absolute Gasteiger partial charge is 0.317 e. The van der Waals surface area contributed by atoms with Gasteiger partial charge in [-0.25, -0.2) is 4.79 Å². The summed E-state index contributed by atoms with van der Waals surface area (Å²) >= 11 is 1.87. The maximum Gasteiger partial charge on any atom is 0.317 e. The minimum atomic E-state index is 0.0585. The Kier molecular flexibility index (Phi) is 5.39. The maximum atomic E-state index is 12.6. The summed E-state index contributed by atoms with van der Waals surface area (Å²) in [5, 5.41) is 7.42. The first kappa shape index (κ1) is 17.6. The number of carbonyl (C=O) groups is 1. The van der Waals surface area contributed by atoms with E-state index in [-0.39, 0.29) is 6.03 Å². The molecular weight excluding hydrogens is 324 g/mol. The number of nitrogens with zero attached hydrogens (tertiary/aromatic N) is 3. The highest BCUT2D eigenvalue weighted by Crippen LogP contribution is 2.46. The number of amides is 2. The Labute approximate surface area is 148 Å². The first-order chi connectivity index (χ1) is 11.6. The Morgan fingerprint density at radius 3 is 2.88 bits per heavy atom. The molecule has 6 nitrogen and oxygen atoms in total. The van der Waals surface area contributed by atoms with Crippen molar-refractivity contribution in [2.75, 3.05) is 39.1 Å². The van der Waals surface area contributed by atoms with E-state index < -0.39 is 0 Å². The number of aryl methyl sites for hydroxylation is 1.